The lowest BCUT2D eigenvalue weighted by molar-refractivity contribution is -0.139. The van der Waals surface area contributed by atoms with E-state index in [1.807, 2.05) is 61.5 Å². The Morgan fingerprint density at radius 3 is 2.30 bits per heavy atom. The van der Waals surface area contributed by atoms with Crippen molar-refractivity contribution in [1.29, 1.82) is 0 Å². The molecule has 104 valence electrons. The summed E-state index contributed by atoms with van der Waals surface area (Å²) in [7, 11) is 0. The standard InChI is InChI=1S/C17H19NO2/c1-13-7-9-14(10-8-13)11-16(17(19)20)18-12-15-5-3-2-4-6-15/h2-10,16,18H,11-12H2,1H3,(H,19,20)/t16-/m0/s1. The summed E-state index contributed by atoms with van der Waals surface area (Å²) >= 11 is 0. The molecule has 0 saturated carbocycles. The second kappa shape index (κ2) is 6.87. The SMILES string of the molecule is Cc1ccc(C[C@H](NCc2ccccc2)C(=O)O)cc1. The molecule has 2 N–H and O–H groups in total. The molecule has 0 aliphatic heterocycles. The molecule has 2 aromatic rings. The molecule has 2 rings (SSSR count). The summed E-state index contributed by atoms with van der Waals surface area (Å²) in [5.41, 5.74) is 3.30. The van der Waals surface area contributed by atoms with Gasteiger partial charge < -0.3 is 10.4 Å². The van der Waals surface area contributed by atoms with Crippen LogP contribution in [0.25, 0.3) is 0 Å². The van der Waals surface area contributed by atoms with Crippen LogP contribution in [0.4, 0.5) is 0 Å². The Kier molecular flexibility index (Phi) is 4.91. The Morgan fingerprint density at radius 2 is 1.70 bits per heavy atom. The molecule has 2 aromatic carbocycles. The minimum Gasteiger partial charge on any atom is -0.480 e. The van der Waals surface area contributed by atoms with E-state index in [1.54, 1.807) is 0 Å². The van der Waals surface area contributed by atoms with E-state index in [9.17, 15) is 9.90 Å². The highest BCUT2D eigenvalue weighted by Crippen LogP contribution is 2.07. The summed E-state index contributed by atoms with van der Waals surface area (Å²) in [5, 5.41) is 12.4. The molecule has 0 aliphatic rings. The van der Waals surface area contributed by atoms with Crippen LogP contribution in [0.3, 0.4) is 0 Å². The van der Waals surface area contributed by atoms with Gasteiger partial charge in [-0.05, 0) is 24.5 Å². The van der Waals surface area contributed by atoms with Gasteiger partial charge in [0.2, 0.25) is 0 Å². The Hall–Kier alpha value is -2.13. The van der Waals surface area contributed by atoms with E-state index >= 15 is 0 Å². The van der Waals surface area contributed by atoms with Crippen LogP contribution < -0.4 is 5.32 Å². The molecule has 0 spiro atoms. The first-order valence-electron chi connectivity index (χ1n) is 6.71. The molecule has 1 atom stereocenters. The summed E-state index contributed by atoms with van der Waals surface area (Å²) in [6.07, 6.45) is 0.489. The van der Waals surface area contributed by atoms with Gasteiger partial charge in [0.05, 0.1) is 0 Å². The number of hydrogen-bond acceptors (Lipinski definition) is 2. The van der Waals surface area contributed by atoms with E-state index < -0.39 is 12.0 Å². The van der Waals surface area contributed by atoms with E-state index in [4.69, 9.17) is 0 Å². The molecule has 0 unspecified atom stereocenters. The number of carbonyl (C=O) groups is 1. The molecule has 0 heterocycles. The Labute approximate surface area is 119 Å². The quantitative estimate of drug-likeness (QED) is 0.847. The van der Waals surface area contributed by atoms with Crippen molar-refractivity contribution in [2.75, 3.05) is 0 Å². The maximum Gasteiger partial charge on any atom is 0.321 e. The molecule has 3 heteroatoms. The number of rotatable bonds is 6. The van der Waals surface area contributed by atoms with Gasteiger partial charge in [-0.15, -0.1) is 0 Å². The van der Waals surface area contributed by atoms with Crippen molar-refractivity contribution >= 4 is 5.97 Å². The molecular formula is C17H19NO2. The molecular weight excluding hydrogens is 250 g/mol. The first-order chi connectivity index (χ1) is 9.65. The smallest absolute Gasteiger partial charge is 0.321 e. The van der Waals surface area contributed by atoms with Crippen LogP contribution in [0.5, 0.6) is 0 Å². The van der Waals surface area contributed by atoms with Gasteiger partial charge in [-0.25, -0.2) is 0 Å². The number of hydrogen-bond donors (Lipinski definition) is 2. The van der Waals surface area contributed by atoms with Crippen molar-refractivity contribution in [2.24, 2.45) is 0 Å². The Morgan fingerprint density at radius 1 is 1.05 bits per heavy atom. The highest BCUT2D eigenvalue weighted by atomic mass is 16.4. The number of benzene rings is 2. The molecule has 0 amide bonds. The van der Waals surface area contributed by atoms with Gasteiger partial charge in [-0.1, -0.05) is 60.2 Å². The van der Waals surface area contributed by atoms with E-state index in [-0.39, 0.29) is 0 Å². The van der Waals surface area contributed by atoms with E-state index in [1.165, 1.54) is 5.56 Å². The third kappa shape index (κ3) is 4.21. The second-order valence-corrected chi connectivity index (χ2v) is 4.95. The number of aryl methyl sites for hydroxylation is 1. The first-order valence-corrected chi connectivity index (χ1v) is 6.71. The van der Waals surface area contributed by atoms with Crippen LogP contribution in [0.2, 0.25) is 0 Å². The lowest BCUT2D eigenvalue weighted by atomic mass is 10.0. The minimum absolute atomic E-state index is 0.489. The highest BCUT2D eigenvalue weighted by molar-refractivity contribution is 5.73. The van der Waals surface area contributed by atoms with Crippen molar-refractivity contribution in [3.8, 4) is 0 Å². The maximum atomic E-state index is 11.3. The van der Waals surface area contributed by atoms with Crippen LogP contribution in [-0.2, 0) is 17.8 Å². The summed E-state index contributed by atoms with van der Waals surface area (Å²) < 4.78 is 0. The molecule has 0 fully saturated rings. The van der Waals surface area contributed by atoms with Crippen LogP contribution in [0.15, 0.2) is 54.6 Å². The van der Waals surface area contributed by atoms with Crippen LogP contribution in [0, 0.1) is 6.92 Å². The van der Waals surface area contributed by atoms with Gasteiger partial charge >= 0.3 is 5.97 Å². The van der Waals surface area contributed by atoms with E-state index in [0.29, 0.717) is 13.0 Å². The average molecular weight is 269 g/mol. The topological polar surface area (TPSA) is 49.3 Å². The van der Waals surface area contributed by atoms with Gasteiger partial charge in [-0.3, -0.25) is 4.79 Å². The maximum absolute atomic E-state index is 11.3. The number of nitrogens with one attached hydrogen (secondary N) is 1. The van der Waals surface area contributed by atoms with Crippen molar-refractivity contribution in [2.45, 2.75) is 25.9 Å². The summed E-state index contributed by atoms with van der Waals surface area (Å²) in [4.78, 5) is 11.3. The van der Waals surface area contributed by atoms with Crippen molar-refractivity contribution < 1.29 is 9.90 Å². The summed E-state index contributed by atoms with van der Waals surface area (Å²) in [5.74, 6) is -0.818. The minimum atomic E-state index is -0.818. The van der Waals surface area contributed by atoms with Crippen molar-refractivity contribution in [1.82, 2.24) is 5.32 Å². The lowest BCUT2D eigenvalue weighted by Crippen LogP contribution is -2.38. The lowest BCUT2D eigenvalue weighted by Gasteiger charge is -2.14. The number of carboxylic acid groups (broad SMARTS) is 1. The fraction of sp³-hybridized carbons (Fsp3) is 0.235. The van der Waals surface area contributed by atoms with Gasteiger partial charge in [0.25, 0.3) is 0 Å². The molecule has 20 heavy (non-hydrogen) atoms. The molecule has 3 nitrogen and oxygen atoms in total. The molecule has 0 radical (unpaired) electrons. The fourth-order valence-corrected chi connectivity index (χ4v) is 2.04. The molecule has 0 bridgehead atoms. The molecule has 0 aromatic heterocycles. The Balaban J connectivity index is 1.97. The van der Waals surface area contributed by atoms with E-state index in [2.05, 4.69) is 5.32 Å². The number of carboxylic acids is 1. The fourth-order valence-electron chi connectivity index (χ4n) is 2.04. The molecule has 0 aliphatic carbocycles. The monoisotopic (exact) mass is 269 g/mol. The highest BCUT2D eigenvalue weighted by Gasteiger charge is 2.17. The average Bonchev–Trinajstić information content (AvgIpc) is 2.46. The largest absolute Gasteiger partial charge is 0.480 e. The van der Waals surface area contributed by atoms with Crippen LogP contribution in [0.1, 0.15) is 16.7 Å². The zero-order valence-corrected chi connectivity index (χ0v) is 11.5. The normalized spacial score (nSPS) is 12.1. The predicted octanol–water partition coefficient (Wildman–Crippen LogP) is 2.78. The summed E-state index contributed by atoms with van der Waals surface area (Å²) in [6.45, 7) is 2.58. The zero-order valence-electron chi connectivity index (χ0n) is 11.5. The number of aliphatic carboxylic acids is 1. The first kappa shape index (κ1) is 14.3. The van der Waals surface area contributed by atoms with Crippen LogP contribution in [-0.4, -0.2) is 17.1 Å². The van der Waals surface area contributed by atoms with E-state index in [0.717, 1.165) is 11.1 Å². The predicted molar refractivity (Wildman–Crippen MR) is 79.6 cm³/mol. The summed E-state index contributed by atoms with van der Waals surface area (Å²) in [6, 6.07) is 17.2. The molecule has 0 saturated heterocycles. The third-order valence-electron chi connectivity index (χ3n) is 3.25. The van der Waals surface area contributed by atoms with Gasteiger partial charge in [0.15, 0.2) is 0 Å². The second-order valence-electron chi connectivity index (χ2n) is 4.95. The van der Waals surface area contributed by atoms with Gasteiger partial charge in [0.1, 0.15) is 6.04 Å². The van der Waals surface area contributed by atoms with Gasteiger partial charge in [-0.2, -0.15) is 0 Å². The van der Waals surface area contributed by atoms with Crippen LogP contribution >= 0.6 is 0 Å². The zero-order chi connectivity index (χ0) is 14.4. The van der Waals surface area contributed by atoms with Gasteiger partial charge in [0, 0.05) is 6.54 Å². The third-order valence-corrected chi connectivity index (χ3v) is 3.25. The van der Waals surface area contributed by atoms with Crippen molar-refractivity contribution in [3.05, 3.63) is 71.3 Å². The van der Waals surface area contributed by atoms with Crippen molar-refractivity contribution in [3.63, 3.8) is 0 Å². The Bertz CT molecular complexity index is 549.